The topological polar surface area (TPSA) is 94.8 Å². The average Bonchev–Trinajstić information content (AvgIpc) is 2.88. The van der Waals surface area contributed by atoms with Crippen LogP contribution in [0.3, 0.4) is 0 Å². The van der Waals surface area contributed by atoms with Crippen molar-refractivity contribution in [2.75, 3.05) is 17.6 Å². The molecule has 0 aliphatic carbocycles. The standard InChI is InChI=1S/C19H26N6/c1-11(2)16(10-20)23-14-5-6-22-18(9-14)25-17-8-13(4)12(3)7-15(17)24-19(25)21/h5-9,11,16H,10,20H2,1-4H3,(H2,21,24)(H,22,23)/t16-/m1/s1. The maximum atomic E-state index is 6.18. The maximum absolute atomic E-state index is 6.18. The maximum Gasteiger partial charge on any atom is 0.207 e. The van der Waals surface area contributed by atoms with Crippen molar-refractivity contribution >= 4 is 22.7 Å². The number of hydrogen-bond donors (Lipinski definition) is 3. The van der Waals surface area contributed by atoms with Gasteiger partial charge in [0.1, 0.15) is 5.82 Å². The molecule has 2 aromatic heterocycles. The second-order valence-electron chi connectivity index (χ2n) is 6.86. The van der Waals surface area contributed by atoms with Gasteiger partial charge in [0, 0.05) is 30.5 Å². The lowest BCUT2D eigenvalue weighted by Gasteiger charge is -2.22. The average molecular weight is 338 g/mol. The first-order valence-corrected chi connectivity index (χ1v) is 8.59. The van der Waals surface area contributed by atoms with Crippen LogP contribution in [0.2, 0.25) is 0 Å². The first kappa shape index (κ1) is 17.2. The molecule has 0 unspecified atom stereocenters. The SMILES string of the molecule is Cc1cc2nc(N)n(-c3cc(N[C@H](CN)C(C)C)ccn3)c2cc1C. The lowest BCUT2D eigenvalue weighted by atomic mass is 10.0. The molecule has 0 aliphatic heterocycles. The number of nitrogens with one attached hydrogen (secondary N) is 1. The summed E-state index contributed by atoms with van der Waals surface area (Å²) < 4.78 is 1.89. The molecule has 3 rings (SSSR count). The lowest BCUT2D eigenvalue weighted by molar-refractivity contribution is 0.531. The van der Waals surface area contributed by atoms with Crippen molar-refractivity contribution in [2.45, 2.75) is 33.7 Å². The number of pyridine rings is 1. The van der Waals surface area contributed by atoms with Crippen molar-refractivity contribution in [3.63, 3.8) is 0 Å². The molecular weight excluding hydrogens is 312 g/mol. The van der Waals surface area contributed by atoms with Crippen LogP contribution in [0.1, 0.15) is 25.0 Å². The number of hydrogen-bond acceptors (Lipinski definition) is 5. The summed E-state index contributed by atoms with van der Waals surface area (Å²) in [6.45, 7) is 9.04. The second-order valence-corrected chi connectivity index (χ2v) is 6.86. The van der Waals surface area contributed by atoms with Gasteiger partial charge in [-0.05, 0) is 49.1 Å². The quantitative estimate of drug-likeness (QED) is 0.665. The zero-order valence-corrected chi connectivity index (χ0v) is 15.2. The van der Waals surface area contributed by atoms with E-state index in [1.54, 1.807) is 6.20 Å². The molecule has 0 amide bonds. The number of benzene rings is 1. The highest BCUT2D eigenvalue weighted by atomic mass is 15.2. The molecule has 0 aliphatic rings. The molecule has 0 bridgehead atoms. The molecule has 0 saturated carbocycles. The van der Waals surface area contributed by atoms with E-state index in [0.29, 0.717) is 18.4 Å². The van der Waals surface area contributed by atoms with Crippen LogP contribution < -0.4 is 16.8 Å². The van der Waals surface area contributed by atoms with Gasteiger partial charge in [0.15, 0.2) is 0 Å². The van der Waals surface area contributed by atoms with Crippen LogP contribution in [0.5, 0.6) is 0 Å². The fourth-order valence-corrected chi connectivity index (χ4v) is 2.93. The number of nitrogen functional groups attached to an aromatic ring is 1. The summed E-state index contributed by atoms with van der Waals surface area (Å²) in [4.78, 5) is 8.98. The minimum absolute atomic E-state index is 0.206. The molecule has 0 saturated heterocycles. The molecule has 0 fully saturated rings. The summed E-state index contributed by atoms with van der Waals surface area (Å²) in [5, 5.41) is 3.48. The van der Waals surface area contributed by atoms with Gasteiger partial charge in [-0.25, -0.2) is 9.97 Å². The highest BCUT2D eigenvalue weighted by Crippen LogP contribution is 2.26. The zero-order chi connectivity index (χ0) is 18.1. The predicted octanol–water partition coefficient (Wildman–Crippen LogP) is 3.01. The fraction of sp³-hybridized carbons (Fsp3) is 0.368. The molecule has 0 radical (unpaired) electrons. The number of aryl methyl sites for hydroxylation is 2. The van der Waals surface area contributed by atoms with Gasteiger partial charge in [-0.2, -0.15) is 0 Å². The number of anilines is 2. The van der Waals surface area contributed by atoms with Crippen LogP contribution in [0, 0.1) is 19.8 Å². The van der Waals surface area contributed by atoms with E-state index in [2.05, 4.69) is 55.1 Å². The molecule has 1 atom stereocenters. The molecule has 6 nitrogen and oxygen atoms in total. The van der Waals surface area contributed by atoms with E-state index < -0.39 is 0 Å². The van der Waals surface area contributed by atoms with Gasteiger partial charge >= 0.3 is 0 Å². The van der Waals surface area contributed by atoms with Gasteiger partial charge in [0.25, 0.3) is 0 Å². The van der Waals surface area contributed by atoms with E-state index in [4.69, 9.17) is 11.5 Å². The first-order chi connectivity index (χ1) is 11.9. The van der Waals surface area contributed by atoms with Crippen molar-refractivity contribution in [1.82, 2.24) is 14.5 Å². The molecule has 3 aromatic rings. The Hall–Kier alpha value is -2.60. The van der Waals surface area contributed by atoms with Crippen LogP contribution >= 0.6 is 0 Å². The Morgan fingerprint density at radius 3 is 2.56 bits per heavy atom. The molecule has 132 valence electrons. The van der Waals surface area contributed by atoms with Gasteiger partial charge in [0.2, 0.25) is 5.95 Å². The minimum atomic E-state index is 0.206. The highest BCUT2D eigenvalue weighted by molar-refractivity contribution is 5.82. The summed E-state index contributed by atoms with van der Waals surface area (Å²) >= 11 is 0. The molecule has 25 heavy (non-hydrogen) atoms. The van der Waals surface area contributed by atoms with Crippen LogP contribution in [0.4, 0.5) is 11.6 Å². The number of fused-ring (bicyclic) bond motifs is 1. The van der Waals surface area contributed by atoms with Crippen molar-refractivity contribution in [3.8, 4) is 5.82 Å². The summed E-state index contributed by atoms with van der Waals surface area (Å²) in [6.07, 6.45) is 1.78. The molecule has 6 heteroatoms. The molecule has 2 heterocycles. The second kappa shape index (κ2) is 6.72. The summed E-state index contributed by atoms with van der Waals surface area (Å²) in [7, 11) is 0. The predicted molar refractivity (Wildman–Crippen MR) is 104 cm³/mol. The molecule has 5 N–H and O–H groups in total. The monoisotopic (exact) mass is 338 g/mol. The summed E-state index contributed by atoms with van der Waals surface area (Å²) in [5.41, 5.74) is 17.3. The number of nitrogens with zero attached hydrogens (tertiary/aromatic N) is 3. The lowest BCUT2D eigenvalue weighted by Crippen LogP contribution is -2.33. The van der Waals surface area contributed by atoms with Crippen molar-refractivity contribution in [2.24, 2.45) is 11.7 Å². The van der Waals surface area contributed by atoms with Gasteiger partial charge < -0.3 is 16.8 Å². The normalized spacial score (nSPS) is 12.7. The summed E-state index contributed by atoms with van der Waals surface area (Å²) in [5.74, 6) is 1.61. The molecular formula is C19H26N6. The summed E-state index contributed by atoms with van der Waals surface area (Å²) in [6, 6.07) is 8.30. The van der Waals surface area contributed by atoms with Gasteiger partial charge in [-0.15, -0.1) is 0 Å². The van der Waals surface area contributed by atoms with Crippen LogP contribution in [0.25, 0.3) is 16.9 Å². The van der Waals surface area contributed by atoms with Crippen molar-refractivity contribution in [3.05, 3.63) is 41.6 Å². The number of rotatable bonds is 5. The Kier molecular flexibility index (Phi) is 4.63. The Morgan fingerprint density at radius 2 is 1.88 bits per heavy atom. The van der Waals surface area contributed by atoms with Crippen LogP contribution in [-0.2, 0) is 0 Å². The van der Waals surface area contributed by atoms with E-state index in [0.717, 1.165) is 22.5 Å². The minimum Gasteiger partial charge on any atom is -0.381 e. The van der Waals surface area contributed by atoms with E-state index >= 15 is 0 Å². The largest absolute Gasteiger partial charge is 0.381 e. The number of imidazole rings is 1. The van der Waals surface area contributed by atoms with Gasteiger partial charge in [-0.1, -0.05) is 13.8 Å². The Bertz CT molecular complexity index is 896. The van der Waals surface area contributed by atoms with E-state index in [1.165, 1.54) is 11.1 Å². The van der Waals surface area contributed by atoms with Crippen molar-refractivity contribution < 1.29 is 0 Å². The van der Waals surface area contributed by atoms with Crippen LogP contribution in [0.15, 0.2) is 30.5 Å². The molecule has 0 spiro atoms. The number of nitrogens with two attached hydrogens (primary N) is 2. The van der Waals surface area contributed by atoms with E-state index in [-0.39, 0.29) is 6.04 Å². The van der Waals surface area contributed by atoms with Gasteiger partial charge in [0.05, 0.1) is 11.0 Å². The Labute approximate surface area is 148 Å². The molecule has 1 aromatic carbocycles. The third-order valence-electron chi connectivity index (χ3n) is 4.68. The van der Waals surface area contributed by atoms with Crippen LogP contribution in [-0.4, -0.2) is 27.1 Å². The smallest absolute Gasteiger partial charge is 0.207 e. The first-order valence-electron chi connectivity index (χ1n) is 8.59. The highest BCUT2D eigenvalue weighted by Gasteiger charge is 2.15. The fourth-order valence-electron chi connectivity index (χ4n) is 2.93. The van der Waals surface area contributed by atoms with E-state index in [9.17, 15) is 0 Å². The zero-order valence-electron chi connectivity index (χ0n) is 15.2. The van der Waals surface area contributed by atoms with Crippen molar-refractivity contribution in [1.29, 1.82) is 0 Å². The van der Waals surface area contributed by atoms with Gasteiger partial charge in [-0.3, -0.25) is 4.57 Å². The number of aromatic nitrogens is 3. The Balaban J connectivity index is 2.05. The third kappa shape index (κ3) is 3.30. The Morgan fingerprint density at radius 1 is 1.16 bits per heavy atom. The van der Waals surface area contributed by atoms with E-state index in [1.807, 2.05) is 16.7 Å². The third-order valence-corrected chi connectivity index (χ3v) is 4.68.